The molecule has 13 heterocycles. The number of nitrogens with two attached hydrogens (primary N) is 2. The first-order valence-corrected chi connectivity index (χ1v) is 38.6. The van der Waals surface area contributed by atoms with Crippen LogP contribution in [0.2, 0.25) is 15.7 Å². The lowest BCUT2D eigenvalue weighted by Crippen LogP contribution is -2.34. The lowest BCUT2D eigenvalue weighted by Gasteiger charge is -2.23. The summed E-state index contributed by atoms with van der Waals surface area (Å²) in [6, 6.07) is 48.8. The van der Waals surface area contributed by atoms with Gasteiger partial charge >= 0.3 is 11.6 Å². The van der Waals surface area contributed by atoms with E-state index in [-0.39, 0.29) is 63.5 Å². The predicted molar refractivity (Wildman–Crippen MR) is 463 cm³/mol. The molecule has 2 atom stereocenters. The number of halogens is 3. The van der Waals surface area contributed by atoms with Crippen molar-refractivity contribution in [3.8, 4) is 22.7 Å². The van der Waals surface area contributed by atoms with Gasteiger partial charge in [0.2, 0.25) is 22.8 Å². The summed E-state index contributed by atoms with van der Waals surface area (Å²) in [4.78, 5) is 63.3. The Morgan fingerprint density at radius 3 is 1.33 bits per heavy atom. The second kappa shape index (κ2) is 45.9. The van der Waals surface area contributed by atoms with Crippen LogP contribution in [0, 0.1) is 30.3 Å². The van der Waals surface area contributed by atoms with Crippen LogP contribution in [0.3, 0.4) is 0 Å². The molecule has 124 heavy (non-hydrogen) atoms. The number of nitro groups is 3. The zero-order chi connectivity index (χ0) is 88.6. The number of aliphatic hydroxyl groups excluding tert-OH is 8. The van der Waals surface area contributed by atoms with Crippen LogP contribution >= 0.6 is 34.8 Å². The Morgan fingerprint density at radius 1 is 0.476 bits per heavy atom. The van der Waals surface area contributed by atoms with E-state index in [1.807, 2.05) is 154 Å². The van der Waals surface area contributed by atoms with E-state index < -0.39 is 20.7 Å². The molecule has 0 spiro atoms. The number of fused-ring (bicyclic) bond motifs is 3. The van der Waals surface area contributed by atoms with Crippen molar-refractivity contribution in [1.29, 1.82) is 0 Å². The number of hydrogen-bond donors (Lipinski definition) is 13. The first-order chi connectivity index (χ1) is 60.1. The van der Waals surface area contributed by atoms with E-state index in [9.17, 15) is 45.7 Å². The van der Waals surface area contributed by atoms with Gasteiger partial charge in [-0.2, -0.15) is 9.97 Å². The topological polar surface area (TPSA) is 562 Å². The monoisotopic (exact) mass is 1760 g/mol. The van der Waals surface area contributed by atoms with Gasteiger partial charge < -0.3 is 107 Å². The molecule has 45 heteroatoms. The zero-order valence-electron chi connectivity index (χ0n) is 66.0. The Hall–Kier alpha value is -14.3. The van der Waals surface area contributed by atoms with Crippen LogP contribution < -0.4 is 32.3 Å². The van der Waals surface area contributed by atoms with Crippen LogP contribution in [0.5, 0.6) is 0 Å². The third-order valence-corrected chi connectivity index (χ3v) is 18.5. The third-order valence-electron chi connectivity index (χ3n) is 17.9. The summed E-state index contributed by atoms with van der Waals surface area (Å²) in [6.45, 7) is 2.34. The number of nitrogens with one attached hydrogen (secondary N) is 3. The maximum absolute atomic E-state index is 10.5. The number of aromatic nitrogens is 19. The molecule has 0 saturated carbocycles. The van der Waals surface area contributed by atoms with Crippen LogP contribution in [0.25, 0.3) is 39.3 Å². The van der Waals surface area contributed by atoms with Crippen molar-refractivity contribution in [1.82, 2.24) is 97.0 Å². The first-order valence-electron chi connectivity index (χ1n) is 37.5. The number of aliphatic hydroxyl groups is 8. The Kier molecular flexibility index (Phi) is 34.1. The molecule has 0 bridgehead atoms. The Morgan fingerprint density at radius 2 is 0.911 bits per heavy atom. The fraction of sp³-hybridized carbons (Fsp3) is 0.203. The first kappa shape index (κ1) is 92.0. The minimum absolute atomic E-state index is 0. The van der Waals surface area contributed by atoms with E-state index in [0.717, 1.165) is 119 Å². The van der Waals surface area contributed by atoms with Gasteiger partial charge in [-0.3, -0.25) is 4.57 Å². The largest absolute Gasteiger partial charge is 0.400 e. The van der Waals surface area contributed by atoms with Gasteiger partial charge in [-0.05, 0) is 205 Å². The van der Waals surface area contributed by atoms with Crippen LogP contribution in [0.1, 0.15) is 54.9 Å². The molecular weight excluding hydrogens is 1670 g/mol. The number of nitrogens with zero attached hydrogens (tertiary/aromatic N) is 23. The minimum atomic E-state index is -0.819. The normalized spacial score (nSPS) is 12.9. The number of benzene rings is 5. The summed E-state index contributed by atoms with van der Waals surface area (Å²) in [7, 11) is 1.00. The van der Waals surface area contributed by atoms with E-state index in [0.29, 0.717) is 63.2 Å². The molecule has 0 radical (unpaired) electrons. The van der Waals surface area contributed by atoms with E-state index in [4.69, 9.17) is 76.8 Å². The van der Waals surface area contributed by atoms with Gasteiger partial charge in [0.1, 0.15) is 59.2 Å². The molecule has 42 nitrogen and oxygen atoms in total. The molecule has 2 saturated heterocycles. The molecule has 15 N–H and O–H groups in total. The van der Waals surface area contributed by atoms with Gasteiger partial charge in [-0.15, -0.1) is 15.3 Å². The van der Waals surface area contributed by atoms with Crippen molar-refractivity contribution < 1.29 is 57.2 Å². The average Bonchev–Trinajstić information content (AvgIpc) is 1.66. The number of rotatable bonds is 19. The summed E-state index contributed by atoms with van der Waals surface area (Å²) in [6.07, 6.45) is 24.5. The average molecular weight is 1760 g/mol. The van der Waals surface area contributed by atoms with Crippen molar-refractivity contribution in [2.45, 2.75) is 70.8 Å². The predicted octanol–water partition coefficient (Wildman–Crippen LogP) is 9.35. The van der Waals surface area contributed by atoms with Crippen molar-refractivity contribution in [3.05, 3.63) is 313 Å². The number of anilines is 7. The highest BCUT2D eigenvalue weighted by Gasteiger charge is 2.28. The smallest absolute Gasteiger partial charge is 0.388 e. The number of nitrogen functional groups attached to an aromatic ring is 2. The SMILES string of the molecule is CO.Clc1nc(Cl)c2cccn2n1.Nc1cccc(CO)c1.Nc1cn(-c2cccc(CO)c2)cn1.O=[N+]([O-])c1cn(-c2cccc(CO)c2)cn1.O=[N+]([O-])c1cn([N+](=O)[O-])cn1.OC[C@@H]1CCCN1.OCc1cccc(-n2cnc(Nc3nc(Cl)nn4cccc34)c2)c1.OCc1cccc(-n2cnc(Nc3nc(N4CCC[C@H]4CO)nn4cccc34)c2)c1.[HH]. The van der Waals surface area contributed by atoms with Crippen LogP contribution in [-0.4, -0.2) is 193 Å². The lowest BCUT2D eigenvalue weighted by molar-refractivity contribution is -0.542. The van der Waals surface area contributed by atoms with Crippen molar-refractivity contribution in [3.63, 3.8) is 0 Å². The highest BCUT2D eigenvalue weighted by molar-refractivity contribution is 6.34. The molecule has 11 aromatic heterocycles. The summed E-state index contributed by atoms with van der Waals surface area (Å²) in [5.41, 5.74) is 21.7. The van der Waals surface area contributed by atoms with E-state index >= 15 is 0 Å². The quantitative estimate of drug-likeness (QED) is 0.0203. The van der Waals surface area contributed by atoms with E-state index in [1.165, 1.54) is 23.5 Å². The van der Waals surface area contributed by atoms with Gasteiger partial charge in [-0.25, -0.2) is 43.6 Å². The second-order valence-electron chi connectivity index (χ2n) is 26.3. The highest BCUT2D eigenvalue weighted by Crippen LogP contribution is 2.29. The molecule has 0 amide bonds. The fourth-order valence-corrected chi connectivity index (χ4v) is 12.6. The molecule has 0 aliphatic carbocycles. The number of hydrogen-bond acceptors (Lipinski definition) is 31. The maximum atomic E-state index is 10.5. The summed E-state index contributed by atoms with van der Waals surface area (Å²) in [5, 5.41) is 123. The molecule has 0 unspecified atom stereocenters. The molecule has 5 aromatic carbocycles. The molecule has 648 valence electrons. The standard InChI is InChI=1S/C21H23N7O2.C16H13ClN6O.C10H9N3O3.C10H11N3O.C7H9NO.C6H3Cl2N3.C5H11NO.C3H2N4O4.CH4O.H2/c29-12-15-4-1-5-16(10-15)26-11-19(22-14-26)23-20-18-7-3-9-28(18)25-21(24-20)27-8-2-6-17(27)13-30;17-16-20-15(13-5-2-6-23(13)21-16)19-14-8-22(10-18-14)12-4-1-3-11(7-12)9-24;14-6-8-2-1-3-9(4-8)12-5-10(11-7-12)13(15)16;11-10-5-13(7-12-10)9-3-1-2-8(4-9)6-14;8-7-3-1-2-6(4-7)5-9;7-5-4-2-1-3-11(4)10-6(8)9-5;7-4-5-2-1-3-6-5;8-6(9)3-1-5(2-4-3)7(10)11;1-2;/h1,3-5,7,9-11,14,17,29-30H,2,6,8,12-13H2,(H,23,24,25);1-8,10,24H,9H2,(H,19,20,21);1-5,7,14H,6H2;1-5,7,14H,6,11H2;1-4,9H,5,8H2;1-3H;5-7H,1-4H2;1-2H;2H,1H3;1H/t17-;;;;;;5-;;;/m0.....0.../s1. The van der Waals surface area contributed by atoms with Crippen LogP contribution in [-0.2, 0) is 33.0 Å². The zero-order valence-corrected chi connectivity index (χ0v) is 68.2. The van der Waals surface area contributed by atoms with Gasteiger partial charge in [0.05, 0.1) is 70.9 Å². The van der Waals surface area contributed by atoms with Crippen molar-refractivity contribution >= 4 is 104 Å². The second-order valence-corrected chi connectivity index (χ2v) is 27.4. The minimum Gasteiger partial charge on any atom is -0.400 e. The molecule has 16 aromatic rings. The maximum Gasteiger partial charge on any atom is 0.388 e. The lowest BCUT2D eigenvalue weighted by atomic mass is 10.2. The third kappa shape index (κ3) is 25.9. The summed E-state index contributed by atoms with van der Waals surface area (Å²) >= 11 is 17.2. The van der Waals surface area contributed by atoms with Gasteiger partial charge in [0.15, 0.2) is 28.0 Å². The van der Waals surface area contributed by atoms with Gasteiger partial charge in [0.25, 0.3) is 6.33 Å². The fourth-order valence-electron chi connectivity index (χ4n) is 12.0. The molecule has 18 rings (SSSR count). The summed E-state index contributed by atoms with van der Waals surface area (Å²) in [5.74, 6) is 2.85. The molecular formula is C79H87Cl3N28O14. The van der Waals surface area contributed by atoms with Gasteiger partial charge in [-0.1, -0.05) is 72.3 Å². The van der Waals surface area contributed by atoms with Crippen LogP contribution in [0.4, 0.5) is 52.4 Å². The summed E-state index contributed by atoms with van der Waals surface area (Å²) < 4.78 is 12.5. The molecule has 2 aliphatic heterocycles. The van der Waals surface area contributed by atoms with Gasteiger partial charge in [0, 0.05) is 68.2 Å². The van der Waals surface area contributed by atoms with E-state index in [1.54, 1.807) is 87.5 Å². The van der Waals surface area contributed by atoms with Crippen LogP contribution in [0.15, 0.2) is 239 Å². The molecule has 2 aliphatic rings. The van der Waals surface area contributed by atoms with Crippen molar-refractivity contribution in [2.24, 2.45) is 0 Å². The highest BCUT2D eigenvalue weighted by atomic mass is 35.5. The Bertz CT molecular complexity index is 6090. The Balaban J connectivity index is 0.000000168. The Labute approximate surface area is 721 Å². The number of imidazole rings is 5. The van der Waals surface area contributed by atoms with E-state index in [2.05, 4.69) is 71.0 Å². The molecule has 2 fully saturated rings. The van der Waals surface area contributed by atoms with Crippen molar-refractivity contribution in [2.75, 3.05) is 60.4 Å².